The van der Waals surface area contributed by atoms with E-state index < -0.39 is 0 Å². The van der Waals surface area contributed by atoms with E-state index in [0.29, 0.717) is 6.04 Å². The first-order valence-electron chi connectivity index (χ1n) is 6.65. The highest BCUT2D eigenvalue weighted by atomic mass is 79.9. The SMILES string of the molecule is CCCC1CCCCN1C(=O)c1ccnc(Br)c1. The molecule has 1 atom stereocenters. The van der Waals surface area contributed by atoms with Gasteiger partial charge in [-0.05, 0) is 53.7 Å². The molecule has 3 nitrogen and oxygen atoms in total. The highest BCUT2D eigenvalue weighted by Crippen LogP contribution is 2.23. The maximum absolute atomic E-state index is 12.5. The van der Waals surface area contributed by atoms with E-state index in [2.05, 4.69) is 32.7 Å². The molecule has 1 amide bonds. The van der Waals surface area contributed by atoms with Crippen molar-refractivity contribution in [2.24, 2.45) is 0 Å². The molecule has 0 N–H and O–H groups in total. The molecule has 1 aromatic rings. The molecule has 1 aromatic heterocycles. The van der Waals surface area contributed by atoms with Gasteiger partial charge in [0.15, 0.2) is 0 Å². The van der Waals surface area contributed by atoms with Crippen molar-refractivity contribution < 1.29 is 4.79 Å². The zero-order valence-electron chi connectivity index (χ0n) is 10.7. The Hall–Kier alpha value is -0.900. The number of likely N-dealkylation sites (tertiary alicyclic amines) is 1. The summed E-state index contributed by atoms with van der Waals surface area (Å²) in [7, 11) is 0. The molecule has 1 fully saturated rings. The van der Waals surface area contributed by atoms with E-state index in [1.165, 1.54) is 6.42 Å². The van der Waals surface area contributed by atoms with Crippen molar-refractivity contribution in [3.8, 4) is 0 Å². The van der Waals surface area contributed by atoms with Crippen LogP contribution in [0.5, 0.6) is 0 Å². The zero-order valence-corrected chi connectivity index (χ0v) is 12.3. The Morgan fingerprint density at radius 1 is 1.56 bits per heavy atom. The number of hydrogen-bond acceptors (Lipinski definition) is 2. The summed E-state index contributed by atoms with van der Waals surface area (Å²) in [5, 5.41) is 0. The van der Waals surface area contributed by atoms with Crippen LogP contribution in [0.15, 0.2) is 22.9 Å². The number of piperidine rings is 1. The van der Waals surface area contributed by atoms with Gasteiger partial charge in [0.25, 0.3) is 5.91 Å². The van der Waals surface area contributed by atoms with E-state index >= 15 is 0 Å². The molecule has 18 heavy (non-hydrogen) atoms. The summed E-state index contributed by atoms with van der Waals surface area (Å²) in [5.41, 5.74) is 0.736. The summed E-state index contributed by atoms with van der Waals surface area (Å²) >= 11 is 3.32. The molecule has 4 heteroatoms. The van der Waals surface area contributed by atoms with Crippen LogP contribution in [0, 0.1) is 0 Å². The van der Waals surface area contributed by atoms with Crippen molar-refractivity contribution >= 4 is 21.8 Å². The Morgan fingerprint density at radius 3 is 3.11 bits per heavy atom. The molecule has 1 aliphatic rings. The smallest absolute Gasteiger partial charge is 0.254 e. The number of carbonyl (C=O) groups is 1. The number of pyridine rings is 1. The second kappa shape index (κ2) is 6.32. The van der Waals surface area contributed by atoms with Crippen LogP contribution in [-0.2, 0) is 0 Å². The highest BCUT2D eigenvalue weighted by molar-refractivity contribution is 9.10. The third-order valence-corrected chi connectivity index (χ3v) is 3.92. The highest BCUT2D eigenvalue weighted by Gasteiger charge is 2.26. The third kappa shape index (κ3) is 3.10. The van der Waals surface area contributed by atoms with Gasteiger partial charge in [-0.1, -0.05) is 13.3 Å². The molecule has 2 heterocycles. The van der Waals surface area contributed by atoms with E-state index in [-0.39, 0.29) is 5.91 Å². The van der Waals surface area contributed by atoms with Gasteiger partial charge in [-0.15, -0.1) is 0 Å². The number of hydrogen-bond donors (Lipinski definition) is 0. The van der Waals surface area contributed by atoms with Gasteiger partial charge in [0.05, 0.1) is 0 Å². The first-order chi connectivity index (χ1) is 8.72. The number of halogens is 1. The van der Waals surface area contributed by atoms with E-state index in [1.807, 2.05) is 0 Å². The molecule has 0 aromatic carbocycles. The maximum Gasteiger partial charge on any atom is 0.254 e. The van der Waals surface area contributed by atoms with Gasteiger partial charge in [-0.2, -0.15) is 0 Å². The summed E-state index contributed by atoms with van der Waals surface area (Å²) in [6.07, 6.45) is 7.43. The largest absolute Gasteiger partial charge is 0.336 e. The van der Waals surface area contributed by atoms with E-state index in [1.54, 1.807) is 18.3 Å². The second-order valence-electron chi connectivity index (χ2n) is 4.80. The number of aromatic nitrogens is 1. The van der Waals surface area contributed by atoms with E-state index in [9.17, 15) is 4.79 Å². The van der Waals surface area contributed by atoms with Gasteiger partial charge < -0.3 is 4.90 Å². The van der Waals surface area contributed by atoms with E-state index in [0.717, 1.165) is 42.4 Å². The van der Waals surface area contributed by atoms with Crippen LogP contribution < -0.4 is 0 Å². The molecular weight excluding hydrogens is 292 g/mol. The van der Waals surface area contributed by atoms with Gasteiger partial charge in [-0.25, -0.2) is 4.98 Å². The standard InChI is InChI=1S/C14H19BrN2O/c1-2-5-12-6-3-4-9-17(12)14(18)11-7-8-16-13(15)10-11/h7-8,10,12H,2-6,9H2,1H3. The molecule has 0 aliphatic carbocycles. The molecular formula is C14H19BrN2O. The van der Waals surface area contributed by atoms with Crippen molar-refractivity contribution in [1.29, 1.82) is 0 Å². The Bertz CT molecular complexity index is 420. The summed E-state index contributed by atoms with van der Waals surface area (Å²) in [6.45, 7) is 3.07. The number of nitrogens with zero attached hydrogens (tertiary/aromatic N) is 2. The average Bonchev–Trinajstić information content (AvgIpc) is 2.39. The lowest BCUT2D eigenvalue weighted by Crippen LogP contribution is -2.43. The summed E-state index contributed by atoms with van der Waals surface area (Å²) in [6, 6.07) is 4.02. The van der Waals surface area contributed by atoms with Crippen molar-refractivity contribution in [3.63, 3.8) is 0 Å². The molecule has 0 saturated carbocycles. The first kappa shape index (κ1) is 13.5. The molecule has 0 bridgehead atoms. The van der Waals surface area contributed by atoms with Gasteiger partial charge >= 0.3 is 0 Å². The van der Waals surface area contributed by atoms with Crippen LogP contribution in [0.2, 0.25) is 0 Å². The summed E-state index contributed by atoms with van der Waals surface area (Å²) in [5.74, 6) is 0.149. The van der Waals surface area contributed by atoms with Crippen molar-refractivity contribution in [2.45, 2.75) is 45.1 Å². The van der Waals surface area contributed by atoms with Crippen LogP contribution in [0.25, 0.3) is 0 Å². The monoisotopic (exact) mass is 310 g/mol. The predicted octanol–water partition coefficient (Wildman–Crippen LogP) is 3.64. The number of rotatable bonds is 3. The Balaban J connectivity index is 2.15. The van der Waals surface area contributed by atoms with E-state index in [4.69, 9.17) is 0 Å². The number of amides is 1. The minimum atomic E-state index is 0.149. The predicted molar refractivity (Wildman–Crippen MR) is 75.5 cm³/mol. The Labute approximate surface area is 117 Å². The van der Waals surface area contributed by atoms with Crippen LogP contribution in [0.1, 0.15) is 49.4 Å². The Morgan fingerprint density at radius 2 is 2.39 bits per heavy atom. The van der Waals surface area contributed by atoms with Gasteiger partial charge in [0.1, 0.15) is 4.60 Å². The van der Waals surface area contributed by atoms with Gasteiger partial charge in [-0.3, -0.25) is 4.79 Å². The minimum Gasteiger partial charge on any atom is -0.336 e. The third-order valence-electron chi connectivity index (χ3n) is 3.48. The van der Waals surface area contributed by atoms with Crippen LogP contribution in [0.4, 0.5) is 0 Å². The quantitative estimate of drug-likeness (QED) is 0.799. The maximum atomic E-state index is 12.5. The lowest BCUT2D eigenvalue weighted by Gasteiger charge is -2.35. The van der Waals surface area contributed by atoms with Crippen molar-refractivity contribution in [3.05, 3.63) is 28.5 Å². The fourth-order valence-electron chi connectivity index (χ4n) is 2.60. The topological polar surface area (TPSA) is 33.2 Å². The fraction of sp³-hybridized carbons (Fsp3) is 0.571. The molecule has 1 saturated heterocycles. The lowest BCUT2D eigenvalue weighted by atomic mass is 9.97. The molecule has 98 valence electrons. The van der Waals surface area contributed by atoms with Gasteiger partial charge in [0, 0.05) is 24.3 Å². The molecule has 0 spiro atoms. The van der Waals surface area contributed by atoms with Gasteiger partial charge in [0.2, 0.25) is 0 Å². The second-order valence-corrected chi connectivity index (χ2v) is 5.62. The fourth-order valence-corrected chi connectivity index (χ4v) is 2.97. The van der Waals surface area contributed by atoms with Crippen LogP contribution in [0.3, 0.4) is 0 Å². The summed E-state index contributed by atoms with van der Waals surface area (Å²) < 4.78 is 0.720. The van der Waals surface area contributed by atoms with Crippen LogP contribution in [-0.4, -0.2) is 28.4 Å². The van der Waals surface area contributed by atoms with Crippen molar-refractivity contribution in [2.75, 3.05) is 6.54 Å². The Kier molecular flexibility index (Phi) is 4.75. The molecule has 1 unspecified atom stereocenters. The summed E-state index contributed by atoms with van der Waals surface area (Å²) in [4.78, 5) is 18.6. The number of carbonyl (C=O) groups excluding carboxylic acids is 1. The molecule has 1 aliphatic heterocycles. The van der Waals surface area contributed by atoms with Crippen LogP contribution >= 0.6 is 15.9 Å². The molecule has 0 radical (unpaired) electrons. The first-order valence-corrected chi connectivity index (χ1v) is 7.44. The zero-order chi connectivity index (χ0) is 13.0. The average molecular weight is 311 g/mol. The minimum absolute atomic E-state index is 0.149. The normalized spacial score (nSPS) is 19.9. The van der Waals surface area contributed by atoms with Crippen molar-refractivity contribution in [1.82, 2.24) is 9.88 Å². The molecule has 2 rings (SSSR count). The lowest BCUT2D eigenvalue weighted by molar-refractivity contribution is 0.0600.